The molecule has 1 fully saturated rings. The molecule has 2 rings (SSSR count). The molecular weight excluding hydrogens is 340 g/mol. The predicted octanol–water partition coefficient (Wildman–Crippen LogP) is 1.08. The molecule has 8 heteroatoms. The maximum Gasteiger partial charge on any atom is 0.251 e. The van der Waals surface area contributed by atoms with Gasteiger partial charge in [0.25, 0.3) is 5.91 Å². The molecule has 1 atom stereocenters. The lowest BCUT2D eigenvalue weighted by molar-refractivity contribution is -0.130. The van der Waals surface area contributed by atoms with E-state index in [0.717, 1.165) is 6.54 Å². The largest absolute Gasteiger partial charge is 0.494 e. The van der Waals surface area contributed by atoms with Gasteiger partial charge in [0.15, 0.2) is 11.0 Å². The Bertz CT molecular complexity index is 673. The highest BCUT2D eigenvalue weighted by Crippen LogP contribution is 2.23. The lowest BCUT2D eigenvalue weighted by atomic mass is 10.1. The molecule has 0 aromatic heterocycles. The first kappa shape index (κ1) is 19.0. The molecule has 0 spiro atoms. The van der Waals surface area contributed by atoms with E-state index in [4.69, 9.17) is 17.0 Å². The summed E-state index contributed by atoms with van der Waals surface area (Å²) in [6.45, 7) is 3.70. The van der Waals surface area contributed by atoms with E-state index < -0.39 is 17.7 Å². The van der Waals surface area contributed by atoms with Gasteiger partial charge in [-0.05, 0) is 57.5 Å². The molecule has 1 aromatic carbocycles. The highest BCUT2D eigenvalue weighted by Gasteiger charge is 2.38. The Morgan fingerprint density at radius 2 is 2.00 bits per heavy atom. The van der Waals surface area contributed by atoms with Gasteiger partial charge in [0.1, 0.15) is 5.75 Å². The number of thiocarbonyl (C=S) groups is 1. The maximum atomic E-state index is 12.7. The van der Waals surface area contributed by atoms with Crippen LogP contribution in [0.3, 0.4) is 0 Å². The van der Waals surface area contributed by atoms with E-state index in [2.05, 4.69) is 10.3 Å². The summed E-state index contributed by atoms with van der Waals surface area (Å²) in [5.74, 6) is -1.15. The van der Waals surface area contributed by atoms with Crippen LogP contribution >= 0.6 is 12.2 Å². The molecule has 2 amide bonds. The second-order valence-corrected chi connectivity index (χ2v) is 6.12. The van der Waals surface area contributed by atoms with Crippen molar-refractivity contribution >= 4 is 41.0 Å². The summed E-state index contributed by atoms with van der Waals surface area (Å²) < 4.78 is 5.39. The average molecular weight is 362 g/mol. The molecule has 0 bridgehead atoms. The summed E-state index contributed by atoms with van der Waals surface area (Å²) in [5, 5.41) is 2.63. The zero-order chi connectivity index (χ0) is 18.4. The fourth-order valence-electron chi connectivity index (χ4n) is 2.26. The first-order chi connectivity index (χ1) is 11.9. The standard InChI is InChI=1S/C17H22N4O3S/c1-4-24-13-7-5-12(6-8-13)21-16(23)14(15(22)19-17(21)25)11-18-9-10-20(2)3/h5-8,11,14H,4,9-10H2,1-3H3,(H,19,22,25)/t14-/m0/s1. The number of rotatable bonds is 7. The van der Waals surface area contributed by atoms with Gasteiger partial charge in [0, 0.05) is 12.8 Å². The quantitative estimate of drug-likeness (QED) is 0.446. The van der Waals surface area contributed by atoms with Gasteiger partial charge < -0.3 is 15.0 Å². The van der Waals surface area contributed by atoms with Crippen molar-refractivity contribution < 1.29 is 14.3 Å². The third-order valence-corrected chi connectivity index (χ3v) is 3.82. The molecule has 0 radical (unpaired) electrons. The molecule has 7 nitrogen and oxygen atoms in total. The van der Waals surface area contributed by atoms with Crippen LogP contribution in [0.1, 0.15) is 6.92 Å². The maximum absolute atomic E-state index is 12.7. The molecular formula is C17H22N4O3S. The molecule has 1 saturated heterocycles. The lowest BCUT2D eigenvalue weighted by Crippen LogP contribution is -2.58. The van der Waals surface area contributed by atoms with E-state index in [1.807, 2.05) is 25.9 Å². The molecule has 25 heavy (non-hydrogen) atoms. The molecule has 0 aliphatic carbocycles. The van der Waals surface area contributed by atoms with Crippen molar-refractivity contribution in [3.8, 4) is 5.75 Å². The van der Waals surface area contributed by atoms with Gasteiger partial charge in [-0.2, -0.15) is 0 Å². The van der Waals surface area contributed by atoms with Gasteiger partial charge in [-0.1, -0.05) is 0 Å². The van der Waals surface area contributed by atoms with Crippen LogP contribution < -0.4 is 15.0 Å². The molecule has 0 unspecified atom stereocenters. The minimum absolute atomic E-state index is 0.0668. The number of carbonyl (C=O) groups excluding carboxylic acids is 2. The van der Waals surface area contributed by atoms with Crippen LogP contribution in [0.5, 0.6) is 5.75 Å². The number of benzene rings is 1. The summed E-state index contributed by atoms with van der Waals surface area (Å²) in [6.07, 6.45) is 1.39. The zero-order valence-electron chi connectivity index (χ0n) is 14.6. The number of aliphatic imine (C=N–C) groups is 1. The Morgan fingerprint density at radius 1 is 1.32 bits per heavy atom. The van der Waals surface area contributed by atoms with E-state index in [0.29, 0.717) is 24.6 Å². The minimum atomic E-state index is -0.986. The predicted molar refractivity (Wildman–Crippen MR) is 101 cm³/mol. The Kier molecular flexibility index (Phi) is 6.60. The molecule has 0 saturated carbocycles. The molecule has 1 aliphatic heterocycles. The molecule has 1 N–H and O–H groups in total. The number of hydrogen-bond acceptors (Lipinski definition) is 6. The molecule has 1 aliphatic rings. The normalized spacial score (nSPS) is 18.2. The number of carbonyl (C=O) groups is 2. The number of ether oxygens (including phenoxy) is 1. The second-order valence-electron chi connectivity index (χ2n) is 5.73. The van der Waals surface area contributed by atoms with E-state index >= 15 is 0 Å². The smallest absolute Gasteiger partial charge is 0.251 e. The Morgan fingerprint density at radius 3 is 2.60 bits per heavy atom. The number of anilines is 1. The Hall–Kier alpha value is -2.32. The van der Waals surface area contributed by atoms with Crippen LogP contribution in [0.4, 0.5) is 5.69 Å². The molecule has 1 aromatic rings. The molecule has 134 valence electrons. The monoisotopic (exact) mass is 362 g/mol. The van der Waals surface area contributed by atoms with Gasteiger partial charge in [0.2, 0.25) is 5.91 Å². The van der Waals surface area contributed by atoms with Crippen LogP contribution in [0.15, 0.2) is 29.3 Å². The van der Waals surface area contributed by atoms with Gasteiger partial charge in [-0.3, -0.25) is 19.5 Å². The highest BCUT2D eigenvalue weighted by atomic mass is 32.1. The van der Waals surface area contributed by atoms with Gasteiger partial charge in [-0.15, -0.1) is 0 Å². The Balaban J connectivity index is 2.16. The van der Waals surface area contributed by atoms with E-state index in [-0.39, 0.29) is 5.11 Å². The third kappa shape index (κ3) is 4.83. The number of likely N-dealkylation sites (N-methyl/N-ethyl adjacent to an activating group) is 1. The third-order valence-electron chi connectivity index (χ3n) is 3.54. The van der Waals surface area contributed by atoms with Gasteiger partial charge >= 0.3 is 0 Å². The molecule has 1 heterocycles. The second kappa shape index (κ2) is 8.68. The van der Waals surface area contributed by atoms with E-state index in [1.54, 1.807) is 24.3 Å². The van der Waals surface area contributed by atoms with Crippen molar-refractivity contribution in [3.63, 3.8) is 0 Å². The number of nitrogens with zero attached hydrogens (tertiary/aromatic N) is 3. The summed E-state index contributed by atoms with van der Waals surface area (Å²) in [6, 6.07) is 6.97. The number of hydrogen-bond donors (Lipinski definition) is 1. The summed E-state index contributed by atoms with van der Waals surface area (Å²) >= 11 is 5.16. The first-order valence-electron chi connectivity index (χ1n) is 8.00. The number of nitrogens with one attached hydrogen (secondary N) is 1. The van der Waals surface area contributed by atoms with E-state index in [9.17, 15) is 9.59 Å². The van der Waals surface area contributed by atoms with Crippen molar-refractivity contribution in [1.29, 1.82) is 0 Å². The van der Waals surface area contributed by atoms with Crippen molar-refractivity contribution in [1.82, 2.24) is 10.2 Å². The minimum Gasteiger partial charge on any atom is -0.494 e. The van der Waals surface area contributed by atoms with Crippen LogP contribution in [-0.4, -0.2) is 61.8 Å². The highest BCUT2D eigenvalue weighted by molar-refractivity contribution is 7.80. The van der Waals surface area contributed by atoms with Crippen LogP contribution in [0, 0.1) is 5.92 Å². The number of amides is 2. The van der Waals surface area contributed by atoms with Gasteiger partial charge in [-0.25, -0.2) is 0 Å². The zero-order valence-corrected chi connectivity index (χ0v) is 15.4. The summed E-state index contributed by atoms with van der Waals surface area (Å²) in [5.41, 5.74) is 0.574. The lowest BCUT2D eigenvalue weighted by Gasteiger charge is -2.31. The van der Waals surface area contributed by atoms with Crippen LogP contribution in [0.2, 0.25) is 0 Å². The fourth-order valence-corrected chi connectivity index (χ4v) is 2.56. The van der Waals surface area contributed by atoms with Crippen molar-refractivity contribution in [3.05, 3.63) is 24.3 Å². The van der Waals surface area contributed by atoms with E-state index in [1.165, 1.54) is 11.1 Å². The topological polar surface area (TPSA) is 74.2 Å². The average Bonchev–Trinajstić information content (AvgIpc) is 2.55. The van der Waals surface area contributed by atoms with Crippen molar-refractivity contribution in [2.75, 3.05) is 38.7 Å². The van der Waals surface area contributed by atoms with Gasteiger partial charge in [0.05, 0.1) is 18.8 Å². The van der Waals surface area contributed by atoms with Crippen molar-refractivity contribution in [2.24, 2.45) is 10.9 Å². The first-order valence-corrected chi connectivity index (χ1v) is 8.41. The Labute approximate surface area is 152 Å². The summed E-state index contributed by atoms with van der Waals surface area (Å²) in [4.78, 5) is 32.3. The SMILES string of the molecule is CCOc1ccc(N2C(=O)[C@@H](C=NCCN(C)C)C(=O)NC2=S)cc1. The van der Waals surface area contributed by atoms with Crippen molar-refractivity contribution in [2.45, 2.75) is 6.92 Å². The summed E-state index contributed by atoms with van der Waals surface area (Å²) in [7, 11) is 3.86. The van der Waals surface area contributed by atoms with Crippen LogP contribution in [0.25, 0.3) is 0 Å². The van der Waals surface area contributed by atoms with Crippen LogP contribution in [-0.2, 0) is 9.59 Å². The fraction of sp³-hybridized carbons (Fsp3) is 0.412.